The van der Waals surface area contributed by atoms with Gasteiger partial charge in [0.1, 0.15) is 0 Å². The smallest absolute Gasteiger partial charge is 0.0821 e. The highest BCUT2D eigenvalue weighted by molar-refractivity contribution is 5.26. The summed E-state index contributed by atoms with van der Waals surface area (Å²) in [4.78, 5) is 2.49. The predicted molar refractivity (Wildman–Crippen MR) is 67.5 cm³/mol. The van der Waals surface area contributed by atoms with Gasteiger partial charge in [0.05, 0.1) is 31.6 Å². The molecule has 0 bridgehead atoms. The molecule has 2 aliphatic rings. The van der Waals surface area contributed by atoms with Crippen LogP contribution in [0.25, 0.3) is 0 Å². The largest absolute Gasteiger partial charge is 0.376 e. The zero-order valence-electron chi connectivity index (χ0n) is 10.9. The molecule has 0 amide bonds. The molecule has 0 spiro atoms. The van der Waals surface area contributed by atoms with E-state index in [4.69, 9.17) is 9.47 Å². The molecule has 100 valence electrons. The second-order valence-corrected chi connectivity index (χ2v) is 5.16. The van der Waals surface area contributed by atoms with Crippen molar-refractivity contribution in [3.05, 3.63) is 17.0 Å². The minimum Gasteiger partial charge on any atom is -0.376 e. The molecule has 1 aromatic rings. The third kappa shape index (κ3) is 2.58. The van der Waals surface area contributed by atoms with Crippen molar-refractivity contribution in [2.45, 2.75) is 32.4 Å². The lowest BCUT2D eigenvalue weighted by Crippen LogP contribution is -2.36. The van der Waals surface area contributed by atoms with Crippen LogP contribution >= 0.6 is 0 Å². The fourth-order valence-electron chi connectivity index (χ4n) is 2.71. The van der Waals surface area contributed by atoms with Gasteiger partial charge in [-0.05, 0) is 13.3 Å². The van der Waals surface area contributed by atoms with Crippen molar-refractivity contribution < 1.29 is 9.47 Å². The molecule has 1 unspecified atom stereocenters. The molecular weight excluding hydrogens is 230 g/mol. The molecule has 1 atom stereocenters. The highest BCUT2D eigenvalue weighted by Crippen LogP contribution is 2.20. The van der Waals surface area contributed by atoms with Crippen LogP contribution in [-0.4, -0.2) is 54.1 Å². The lowest BCUT2D eigenvalue weighted by molar-refractivity contribution is -0.0929. The number of aryl methyl sites for hydroxylation is 1. The van der Waals surface area contributed by atoms with Crippen LogP contribution < -0.4 is 0 Å². The summed E-state index contributed by atoms with van der Waals surface area (Å²) in [5.74, 6) is 0. The van der Waals surface area contributed by atoms with E-state index in [0.717, 1.165) is 52.3 Å². The van der Waals surface area contributed by atoms with Gasteiger partial charge in [-0.1, -0.05) is 0 Å². The van der Waals surface area contributed by atoms with E-state index < -0.39 is 0 Å². The van der Waals surface area contributed by atoms with Crippen LogP contribution in [-0.2, 0) is 22.4 Å². The maximum Gasteiger partial charge on any atom is 0.0821 e. The summed E-state index contributed by atoms with van der Waals surface area (Å²) in [6.45, 7) is 7.55. The summed E-state index contributed by atoms with van der Waals surface area (Å²) in [7, 11) is 0. The van der Waals surface area contributed by atoms with Gasteiger partial charge < -0.3 is 9.47 Å². The van der Waals surface area contributed by atoms with Gasteiger partial charge >= 0.3 is 0 Å². The van der Waals surface area contributed by atoms with Crippen LogP contribution in [0.2, 0.25) is 0 Å². The Balaban J connectivity index is 1.51. The Hall–Kier alpha value is -0.910. The second-order valence-electron chi connectivity index (χ2n) is 5.16. The number of rotatable bonds is 3. The first-order valence-electron chi connectivity index (χ1n) is 6.77. The summed E-state index contributed by atoms with van der Waals surface area (Å²) in [6.07, 6.45) is 2.40. The number of aromatic amines is 1. The summed E-state index contributed by atoms with van der Waals surface area (Å²) >= 11 is 0. The van der Waals surface area contributed by atoms with Crippen molar-refractivity contribution >= 4 is 0 Å². The van der Waals surface area contributed by atoms with E-state index in [1.54, 1.807) is 0 Å². The fraction of sp³-hybridized carbons (Fsp3) is 0.769. The third-order valence-electron chi connectivity index (χ3n) is 3.86. The Bertz CT molecular complexity index is 399. The van der Waals surface area contributed by atoms with E-state index in [1.165, 1.54) is 17.0 Å². The fourth-order valence-corrected chi connectivity index (χ4v) is 2.71. The van der Waals surface area contributed by atoms with Crippen molar-refractivity contribution in [2.75, 3.05) is 32.9 Å². The minimum absolute atomic E-state index is 0.283. The Morgan fingerprint density at radius 3 is 3.22 bits per heavy atom. The van der Waals surface area contributed by atoms with Gasteiger partial charge in [-0.2, -0.15) is 5.10 Å². The van der Waals surface area contributed by atoms with Gasteiger partial charge in [0.15, 0.2) is 0 Å². The van der Waals surface area contributed by atoms with Gasteiger partial charge in [0.25, 0.3) is 0 Å². The zero-order valence-corrected chi connectivity index (χ0v) is 10.9. The van der Waals surface area contributed by atoms with Gasteiger partial charge in [0, 0.05) is 37.3 Å². The summed E-state index contributed by atoms with van der Waals surface area (Å²) in [5.41, 5.74) is 3.86. The molecule has 1 fully saturated rings. The molecule has 3 rings (SSSR count). The number of aromatic nitrogens is 2. The highest BCUT2D eigenvalue weighted by Gasteiger charge is 2.22. The molecule has 0 aliphatic carbocycles. The average Bonchev–Trinajstić information content (AvgIpc) is 2.79. The normalized spacial score (nSPS) is 25.1. The molecule has 0 saturated carbocycles. The molecule has 1 saturated heterocycles. The second kappa shape index (κ2) is 5.38. The van der Waals surface area contributed by atoms with Crippen molar-refractivity contribution in [1.29, 1.82) is 0 Å². The van der Waals surface area contributed by atoms with Crippen LogP contribution in [0.5, 0.6) is 0 Å². The molecule has 0 radical (unpaired) electrons. The van der Waals surface area contributed by atoms with Crippen LogP contribution in [0, 0.1) is 6.92 Å². The Morgan fingerprint density at radius 2 is 2.39 bits per heavy atom. The number of hydrogen-bond donors (Lipinski definition) is 1. The van der Waals surface area contributed by atoms with E-state index in [1.807, 2.05) is 0 Å². The monoisotopic (exact) mass is 251 g/mol. The van der Waals surface area contributed by atoms with E-state index in [0.29, 0.717) is 0 Å². The first kappa shape index (κ1) is 12.1. The van der Waals surface area contributed by atoms with E-state index in [-0.39, 0.29) is 6.10 Å². The molecule has 0 aromatic carbocycles. The van der Waals surface area contributed by atoms with Crippen molar-refractivity contribution in [2.24, 2.45) is 0 Å². The number of fused-ring (bicyclic) bond motifs is 1. The Labute approximate surface area is 107 Å². The first-order chi connectivity index (χ1) is 8.83. The minimum atomic E-state index is 0.283. The molecular formula is C13H21N3O2. The predicted octanol–water partition coefficient (Wildman–Crippen LogP) is 0.882. The maximum absolute atomic E-state index is 5.68. The quantitative estimate of drug-likeness (QED) is 0.866. The summed E-state index contributed by atoms with van der Waals surface area (Å²) in [5, 5.41) is 7.43. The van der Waals surface area contributed by atoms with Gasteiger partial charge in [0.2, 0.25) is 0 Å². The number of nitrogens with one attached hydrogen (secondary N) is 1. The molecule has 1 N–H and O–H groups in total. The van der Waals surface area contributed by atoms with Gasteiger partial charge in [-0.15, -0.1) is 0 Å². The molecule has 2 aliphatic heterocycles. The molecule has 5 heteroatoms. The first-order valence-corrected chi connectivity index (χ1v) is 6.77. The number of ether oxygens (including phenoxy) is 2. The number of hydrogen-bond acceptors (Lipinski definition) is 4. The van der Waals surface area contributed by atoms with Crippen LogP contribution in [0.4, 0.5) is 0 Å². The third-order valence-corrected chi connectivity index (χ3v) is 3.86. The van der Waals surface area contributed by atoms with Crippen molar-refractivity contribution in [3.63, 3.8) is 0 Å². The lowest BCUT2D eigenvalue weighted by atomic mass is 10.1. The summed E-state index contributed by atoms with van der Waals surface area (Å²) in [6, 6.07) is 0. The standard InChI is InChI=1S/C13H21N3O2/c1-10-12-8-16(5-3-13(12)15-14-10)4-2-11-9-17-6-7-18-11/h11H,2-9H2,1H3,(H,14,15). The van der Waals surface area contributed by atoms with E-state index in [9.17, 15) is 0 Å². The highest BCUT2D eigenvalue weighted by atomic mass is 16.6. The Kier molecular flexibility index (Phi) is 3.63. The lowest BCUT2D eigenvalue weighted by Gasteiger charge is -2.29. The maximum atomic E-state index is 5.68. The SMILES string of the molecule is Cc1[nH]nc2c1CN(CCC1COCCO1)CC2. The van der Waals surface area contributed by atoms with Gasteiger partial charge in [-0.25, -0.2) is 0 Å². The van der Waals surface area contributed by atoms with Crippen molar-refractivity contribution in [1.82, 2.24) is 15.1 Å². The number of H-pyrrole nitrogens is 1. The van der Waals surface area contributed by atoms with E-state index >= 15 is 0 Å². The zero-order chi connectivity index (χ0) is 12.4. The number of nitrogens with zero attached hydrogens (tertiary/aromatic N) is 2. The van der Waals surface area contributed by atoms with Crippen LogP contribution in [0.1, 0.15) is 23.4 Å². The summed E-state index contributed by atoms with van der Waals surface area (Å²) < 4.78 is 11.1. The van der Waals surface area contributed by atoms with Crippen LogP contribution in [0.3, 0.4) is 0 Å². The molecule has 18 heavy (non-hydrogen) atoms. The average molecular weight is 251 g/mol. The van der Waals surface area contributed by atoms with Crippen LogP contribution in [0.15, 0.2) is 0 Å². The molecule has 5 nitrogen and oxygen atoms in total. The molecule has 1 aromatic heterocycles. The van der Waals surface area contributed by atoms with Gasteiger partial charge in [-0.3, -0.25) is 10.00 Å². The Morgan fingerprint density at radius 1 is 1.44 bits per heavy atom. The van der Waals surface area contributed by atoms with Crippen molar-refractivity contribution in [3.8, 4) is 0 Å². The molecule has 3 heterocycles. The topological polar surface area (TPSA) is 50.4 Å². The van der Waals surface area contributed by atoms with E-state index in [2.05, 4.69) is 22.0 Å².